The first-order valence-electron chi connectivity index (χ1n) is 9.10. The minimum atomic E-state index is -0.651. The van der Waals surface area contributed by atoms with Gasteiger partial charge in [-0.2, -0.15) is 10.4 Å². The molecule has 0 aromatic carbocycles. The lowest BCUT2D eigenvalue weighted by molar-refractivity contribution is -0.128. The van der Waals surface area contributed by atoms with Gasteiger partial charge in [0.1, 0.15) is 5.54 Å². The summed E-state index contributed by atoms with van der Waals surface area (Å²) in [7, 11) is 0. The summed E-state index contributed by atoms with van der Waals surface area (Å²) in [5, 5.41) is 19.7. The number of amides is 1. The number of likely N-dealkylation sites (tertiary alicyclic amines) is 1. The lowest BCUT2D eigenvalue weighted by Crippen LogP contribution is -2.56. The molecular formula is C18H27N5O. The van der Waals surface area contributed by atoms with Gasteiger partial charge in [0.2, 0.25) is 5.91 Å². The quantitative estimate of drug-likeness (QED) is 0.888. The maximum atomic E-state index is 12.7. The Morgan fingerprint density at radius 2 is 2.25 bits per heavy atom. The van der Waals surface area contributed by atoms with Crippen LogP contribution in [-0.2, 0) is 4.79 Å². The van der Waals surface area contributed by atoms with E-state index in [4.69, 9.17) is 0 Å². The highest BCUT2D eigenvalue weighted by Gasteiger charge is 2.36. The van der Waals surface area contributed by atoms with Crippen LogP contribution in [0.1, 0.15) is 63.5 Å². The zero-order valence-corrected chi connectivity index (χ0v) is 14.4. The van der Waals surface area contributed by atoms with E-state index in [0.29, 0.717) is 5.92 Å². The number of piperidine rings is 1. The zero-order valence-electron chi connectivity index (χ0n) is 14.4. The minimum Gasteiger partial charge on any atom is -0.336 e. The monoisotopic (exact) mass is 329 g/mol. The molecule has 1 aliphatic heterocycles. The van der Waals surface area contributed by atoms with Crippen molar-refractivity contribution >= 4 is 5.91 Å². The molecular weight excluding hydrogens is 302 g/mol. The van der Waals surface area contributed by atoms with Gasteiger partial charge in [0.05, 0.1) is 12.1 Å². The van der Waals surface area contributed by atoms with Crippen molar-refractivity contribution in [3.8, 4) is 6.07 Å². The third kappa shape index (κ3) is 3.62. The number of carbonyl (C=O) groups is 1. The van der Waals surface area contributed by atoms with Crippen LogP contribution in [0.2, 0.25) is 0 Å². The number of H-pyrrole nitrogens is 1. The van der Waals surface area contributed by atoms with Crippen LogP contribution < -0.4 is 5.32 Å². The van der Waals surface area contributed by atoms with Gasteiger partial charge < -0.3 is 5.32 Å². The summed E-state index contributed by atoms with van der Waals surface area (Å²) in [4.78, 5) is 15.0. The second-order valence-electron chi connectivity index (χ2n) is 7.27. The van der Waals surface area contributed by atoms with Crippen molar-refractivity contribution in [1.82, 2.24) is 20.4 Å². The highest BCUT2D eigenvalue weighted by molar-refractivity contribution is 5.82. The van der Waals surface area contributed by atoms with Crippen molar-refractivity contribution in [2.24, 2.45) is 0 Å². The molecule has 2 aliphatic rings. The van der Waals surface area contributed by atoms with E-state index in [0.717, 1.165) is 63.7 Å². The third-order valence-electron chi connectivity index (χ3n) is 5.63. The number of nitriles is 1. The van der Waals surface area contributed by atoms with Gasteiger partial charge in [-0.25, -0.2) is 0 Å². The Labute approximate surface area is 143 Å². The Morgan fingerprint density at radius 3 is 2.92 bits per heavy atom. The van der Waals surface area contributed by atoms with Crippen LogP contribution in [0.4, 0.5) is 0 Å². The minimum absolute atomic E-state index is 0.0105. The number of rotatable bonds is 4. The summed E-state index contributed by atoms with van der Waals surface area (Å²) < 4.78 is 0. The molecule has 6 nitrogen and oxygen atoms in total. The van der Waals surface area contributed by atoms with E-state index in [-0.39, 0.29) is 11.9 Å². The predicted molar refractivity (Wildman–Crippen MR) is 91.2 cm³/mol. The third-order valence-corrected chi connectivity index (χ3v) is 5.63. The second-order valence-corrected chi connectivity index (χ2v) is 7.27. The molecule has 0 radical (unpaired) electrons. The number of hydrogen-bond donors (Lipinski definition) is 2. The van der Waals surface area contributed by atoms with Gasteiger partial charge in [-0.1, -0.05) is 19.3 Å². The van der Waals surface area contributed by atoms with Gasteiger partial charge in [0, 0.05) is 24.4 Å². The predicted octanol–water partition coefficient (Wildman–Crippen LogP) is 2.32. The number of hydrogen-bond acceptors (Lipinski definition) is 4. The molecule has 130 valence electrons. The molecule has 0 bridgehead atoms. The van der Waals surface area contributed by atoms with Crippen LogP contribution in [0.25, 0.3) is 0 Å². The van der Waals surface area contributed by atoms with Crippen molar-refractivity contribution in [1.29, 1.82) is 5.26 Å². The van der Waals surface area contributed by atoms with Crippen molar-refractivity contribution in [2.75, 3.05) is 13.1 Å². The smallest absolute Gasteiger partial charge is 0.238 e. The fourth-order valence-corrected chi connectivity index (χ4v) is 4.03. The van der Waals surface area contributed by atoms with Gasteiger partial charge in [-0.3, -0.25) is 14.8 Å². The largest absolute Gasteiger partial charge is 0.336 e. The van der Waals surface area contributed by atoms with Crippen LogP contribution >= 0.6 is 0 Å². The Balaban J connectivity index is 1.61. The van der Waals surface area contributed by atoms with E-state index < -0.39 is 5.54 Å². The Bertz CT molecular complexity index is 585. The Hall–Kier alpha value is -1.87. The molecule has 2 fully saturated rings. The van der Waals surface area contributed by atoms with Crippen molar-refractivity contribution < 1.29 is 4.79 Å². The number of nitrogens with one attached hydrogen (secondary N) is 2. The van der Waals surface area contributed by atoms with Gasteiger partial charge >= 0.3 is 0 Å². The van der Waals surface area contributed by atoms with E-state index in [2.05, 4.69) is 26.5 Å². The maximum absolute atomic E-state index is 12.7. The normalized spacial score (nSPS) is 25.6. The number of aromatic amines is 1. The first kappa shape index (κ1) is 17.0. The fraction of sp³-hybridized carbons (Fsp3) is 0.722. The maximum Gasteiger partial charge on any atom is 0.238 e. The summed E-state index contributed by atoms with van der Waals surface area (Å²) in [5.41, 5.74) is 0.496. The summed E-state index contributed by atoms with van der Waals surface area (Å²) >= 11 is 0. The van der Waals surface area contributed by atoms with E-state index in [1.54, 1.807) is 6.20 Å². The lowest BCUT2D eigenvalue weighted by atomic mass is 9.82. The van der Waals surface area contributed by atoms with E-state index >= 15 is 0 Å². The van der Waals surface area contributed by atoms with Gasteiger partial charge in [0.15, 0.2) is 0 Å². The molecule has 2 N–H and O–H groups in total. The van der Waals surface area contributed by atoms with E-state index in [1.807, 2.05) is 13.0 Å². The summed E-state index contributed by atoms with van der Waals surface area (Å²) in [5.74, 6) is 0.389. The molecule has 24 heavy (non-hydrogen) atoms. The summed E-state index contributed by atoms with van der Waals surface area (Å²) in [6, 6.07) is 4.19. The lowest BCUT2D eigenvalue weighted by Gasteiger charge is -2.38. The van der Waals surface area contributed by atoms with Crippen LogP contribution in [0.3, 0.4) is 0 Å². The molecule has 1 saturated carbocycles. The molecule has 3 rings (SSSR count). The molecule has 0 spiro atoms. The molecule has 1 saturated heterocycles. The molecule has 1 aromatic heterocycles. The first-order chi connectivity index (χ1) is 11.6. The number of aromatic nitrogens is 2. The molecule has 2 heterocycles. The summed E-state index contributed by atoms with van der Waals surface area (Å²) in [6.45, 7) is 3.74. The Kier molecular flexibility index (Phi) is 5.20. The SMILES string of the molecule is C[C@@H](C(=O)NC1(C#N)CCCCC1)N1CCC[C@H](c2ccn[nH]2)C1. The molecule has 2 atom stereocenters. The number of carbonyl (C=O) groups excluding carboxylic acids is 1. The van der Waals surface area contributed by atoms with Crippen LogP contribution in [0.5, 0.6) is 0 Å². The van der Waals surface area contributed by atoms with E-state index in [9.17, 15) is 10.1 Å². The van der Waals surface area contributed by atoms with E-state index in [1.165, 1.54) is 0 Å². The van der Waals surface area contributed by atoms with Gasteiger partial charge in [0.25, 0.3) is 0 Å². The molecule has 1 amide bonds. The van der Waals surface area contributed by atoms with Crippen molar-refractivity contribution in [3.63, 3.8) is 0 Å². The highest BCUT2D eigenvalue weighted by atomic mass is 16.2. The van der Waals surface area contributed by atoms with Crippen LogP contribution in [0, 0.1) is 11.3 Å². The first-order valence-corrected chi connectivity index (χ1v) is 9.10. The topological polar surface area (TPSA) is 84.8 Å². The second kappa shape index (κ2) is 7.35. The van der Waals surface area contributed by atoms with Gasteiger partial charge in [-0.05, 0) is 45.2 Å². The highest BCUT2D eigenvalue weighted by Crippen LogP contribution is 2.29. The average molecular weight is 329 g/mol. The van der Waals surface area contributed by atoms with Crippen molar-refractivity contribution in [3.05, 3.63) is 18.0 Å². The summed E-state index contributed by atoms with van der Waals surface area (Å²) in [6.07, 6.45) is 8.73. The fourth-order valence-electron chi connectivity index (χ4n) is 4.03. The average Bonchev–Trinajstić information content (AvgIpc) is 3.16. The van der Waals surface area contributed by atoms with Crippen molar-refractivity contribution in [2.45, 2.75) is 69.4 Å². The zero-order chi connectivity index (χ0) is 17.0. The Morgan fingerprint density at radius 1 is 1.46 bits per heavy atom. The van der Waals surface area contributed by atoms with Gasteiger partial charge in [-0.15, -0.1) is 0 Å². The molecule has 1 aromatic rings. The molecule has 6 heteroatoms. The standard InChI is InChI=1S/C18H27N5O/c1-14(17(24)21-18(13-19)8-3-2-4-9-18)23-11-5-6-15(12-23)16-7-10-20-22-16/h7,10,14-15H,2-6,8-9,11-12H2,1H3,(H,20,22)(H,21,24)/t14-,15-/m0/s1. The molecule has 0 unspecified atom stereocenters. The van der Waals surface area contributed by atoms with Crippen LogP contribution in [0.15, 0.2) is 12.3 Å². The molecule has 1 aliphatic carbocycles. The van der Waals surface area contributed by atoms with Crippen LogP contribution in [-0.4, -0.2) is 45.7 Å². The number of nitrogens with zero attached hydrogens (tertiary/aromatic N) is 3.